The van der Waals surface area contributed by atoms with E-state index in [4.69, 9.17) is 10.5 Å². The van der Waals surface area contributed by atoms with Gasteiger partial charge < -0.3 is 20.5 Å². The summed E-state index contributed by atoms with van der Waals surface area (Å²) < 4.78 is 8.64. The number of aliphatic hydroxyl groups excluding tert-OH is 1. The first-order chi connectivity index (χ1) is 22.2. The molecule has 0 bridgehead atoms. The number of nitrogens with two attached hydrogens (primary N) is 1. The summed E-state index contributed by atoms with van der Waals surface area (Å²) in [6.07, 6.45) is 22.2. The fourth-order valence-corrected chi connectivity index (χ4v) is 9.08. The van der Waals surface area contributed by atoms with E-state index in [0.29, 0.717) is 35.7 Å². The van der Waals surface area contributed by atoms with Crippen molar-refractivity contribution < 1.29 is 19.2 Å². The van der Waals surface area contributed by atoms with Crippen molar-refractivity contribution in [3.63, 3.8) is 0 Å². The summed E-state index contributed by atoms with van der Waals surface area (Å²) in [5, 5.41) is 18.3. The van der Waals surface area contributed by atoms with Gasteiger partial charge in [0.1, 0.15) is 0 Å². The molecule has 0 amide bonds. The van der Waals surface area contributed by atoms with Crippen molar-refractivity contribution in [2.75, 3.05) is 0 Å². The molecule has 5 rings (SSSR count). The topological polar surface area (TPSA) is 115 Å². The first kappa shape index (κ1) is 35.0. The molecule has 0 spiro atoms. The Kier molecular flexibility index (Phi) is 12.7. The lowest BCUT2D eigenvalue weighted by atomic mass is 9.97. The van der Waals surface area contributed by atoms with Gasteiger partial charge >= 0.3 is 11.9 Å². The van der Waals surface area contributed by atoms with E-state index in [1.54, 1.807) is 0 Å². The molecule has 260 valence electrons. The molecule has 5 heterocycles. The zero-order valence-corrected chi connectivity index (χ0v) is 29.4. The van der Waals surface area contributed by atoms with Crippen LogP contribution in [0.4, 0.5) is 0 Å². The van der Waals surface area contributed by atoms with Crippen molar-refractivity contribution >= 4 is 17.9 Å². The number of hydrogen-bond donors (Lipinski definition) is 4. The van der Waals surface area contributed by atoms with Gasteiger partial charge in [0.2, 0.25) is 0 Å². The highest BCUT2D eigenvalue weighted by Gasteiger charge is 2.45. The maximum Gasteiger partial charge on any atom is 0.346 e. The summed E-state index contributed by atoms with van der Waals surface area (Å²) in [4.78, 5) is 20.1. The molecule has 0 aromatic carbocycles. The quantitative estimate of drug-likeness (QED) is 0.0845. The summed E-state index contributed by atoms with van der Waals surface area (Å²) in [6, 6.07) is 2.65. The number of fused-ring (bicyclic) bond motifs is 1. The Morgan fingerprint density at radius 1 is 1.00 bits per heavy atom. The highest BCUT2D eigenvalue weighted by Crippen LogP contribution is 2.37. The minimum Gasteiger partial charge on any atom is -0.459 e. The van der Waals surface area contributed by atoms with Gasteiger partial charge in [-0.15, -0.1) is 0 Å². The number of aliphatic imine (C=N–C) groups is 1. The van der Waals surface area contributed by atoms with Gasteiger partial charge in [-0.3, -0.25) is 15.2 Å². The summed E-state index contributed by atoms with van der Waals surface area (Å²) in [6.45, 7) is 8.42. The van der Waals surface area contributed by atoms with Gasteiger partial charge in [-0.05, 0) is 78.6 Å². The summed E-state index contributed by atoms with van der Waals surface area (Å²) in [5.74, 6) is 1.53. The van der Waals surface area contributed by atoms with E-state index in [1.807, 2.05) is 13.8 Å². The van der Waals surface area contributed by atoms with E-state index in [1.165, 1.54) is 89.4 Å². The Labute approximate surface area is 278 Å². The molecule has 2 saturated heterocycles. The average Bonchev–Trinajstić information content (AvgIpc) is 3.61. The molecule has 0 radical (unpaired) electrons. The van der Waals surface area contributed by atoms with Gasteiger partial charge in [0.05, 0.1) is 53.7 Å². The number of rotatable bonds is 18. The number of esters is 1. The minimum atomic E-state index is -0.345. The minimum absolute atomic E-state index is 0.105. The normalized spacial score (nSPS) is 29.9. The SMILES string of the molecule is CCCCCCC[C@H](O)C[C@@H]1CC[C@H]2C(C(=O)O[C@H](C)CCCCCCC[C@@H]3C[C@@H]4CC[C@@H]5C[C@H](C)NC(=[N+]54)N3)=C(C)N=C(N)N12. The smallest absolute Gasteiger partial charge is 0.346 e. The van der Waals surface area contributed by atoms with Crippen LogP contribution in [0.3, 0.4) is 0 Å². The fraction of sp³-hybridized carbons (Fsp3) is 0.865. The zero-order chi connectivity index (χ0) is 32.6. The number of hydrogen-bond acceptors (Lipinski definition) is 8. The second-order valence-corrected chi connectivity index (χ2v) is 15.3. The Hall–Kier alpha value is -2.29. The lowest BCUT2D eigenvalue weighted by Gasteiger charge is -2.36. The predicted octanol–water partition coefficient (Wildman–Crippen LogP) is 5.84. The molecule has 2 fully saturated rings. The van der Waals surface area contributed by atoms with Crippen LogP contribution >= 0.6 is 0 Å². The Morgan fingerprint density at radius 3 is 2.48 bits per heavy atom. The first-order valence-electron chi connectivity index (χ1n) is 19.2. The number of carbonyl (C=O) groups excluding carboxylic acids is 1. The Bertz CT molecular complexity index is 1120. The molecule has 46 heavy (non-hydrogen) atoms. The van der Waals surface area contributed by atoms with Crippen molar-refractivity contribution in [2.24, 2.45) is 10.7 Å². The molecule has 5 aliphatic heterocycles. The van der Waals surface area contributed by atoms with Crippen LogP contribution < -0.4 is 16.4 Å². The van der Waals surface area contributed by atoms with Gasteiger partial charge in [-0.1, -0.05) is 64.7 Å². The van der Waals surface area contributed by atoms with E-state index in [2.05, 4.69) is 38.9 Å². The van der Waals surface area contributed by atoms with Crippen molar-refractivity contribution in [3.8, 4) is 0 Å². The highest BCUT2D eigenvalue weighted by molar-refractivity contribution is 5.95. The number of allylic oxidation sites excluding steroid dienone is 1. The van der Waals surface area contributed by atoms with Crippen LogP contribution in [0, 0.1) is 0 Å². The summed E-state index contributed by atoms with van der Waals surface area (Å²) >= 11 is 0. The van der Waals surface area contributed by atoms with Crippen molar-refractivity contribution in [2.45, 2.75) is 205 Å². The van der Waals surface area contributed by atoms with Crippen molar-refractivity contribution in [1.82, 2.24) is 15.5 Å². The number of carbonyl (C=O) groups is 1. The molecule has 0 saturated carbocycles. The van der Waals surface area contributed by atoms with Crippen LogP contribution in [0.2, 0.25) is 0 Å². The number of ether oxygens (including phenoxy) is 1. The number of nitrogens with zero attached hydrogens (tertiary/aromatic N) is 3. The molecule has 0 unspecified atom stereocenters. The van der Waals surface area contributed by atoms with Crippen LogP contribution in [0.25, 0.3) is 0 Å². The largest absolute Gasteiger partial charge is 0.459 e. The lowest BCUT2D eigenvalue weighted by molar-refractivity contribution is -0.593. The molecule has 8 atom stereocenters. The Balaban J connectivity index is 0.977. The molecule has 0 aromatic heterocycles. The first-order valence-corrected chi connectivity index (χ1v) is 19.2. The zero-order valence-electron chi connectivity index (χ0n) is 29.4. The van der Waals surface area contributed by atoms with Crippen LogP contribution in [-0.4, -0.2) is 80.9 Å². The van der Waals surface area contributed by atoms with E-state index in [-0.39, 0.29) is 30.3 Å². The van der Waals surface area contributed by atoms with Crippen LogP contribution in [0.5, 0.6) is 0 Å². The van der Waals surface area contributed by atoms with Crippen molar-refractivity contribution in [3.05, 3.63) is 11.3 Å². The lowest BCUT2D eigenvalue weighted by Crippen LogP contribution is -2.61. The second kappa shape index (κ2) is 16.7. The van der Waals surface area contributed by atoms with E-state index >= 15 is 0 Å². The molecular weight excluding hydrogens is 576 g/mol. The summed E-state index contributed by atoms with van der Waals surface area (Å²) in [5.41, 5.74) is 7.73. The third kappa shape index (κ3) is 8.78. The number of nitrogens with one attached hydrogen (secondary N) is 2. The Morgan fingerprint density at radius 2 is 1.70 bits per heavy atom. The van der Waals surface area contributed by atoms with Crippen molar-refractivity contribution in [1.29, 1.82) is 0 Å². The van der Waals surface area contributed by atoms with Gasteiger partial charge in [-0.25, -0.2) is 9.79 Å². The van der Waals surface area contributed by atoms with Gasteiger partial charge in [-0.2, -0.15) is 0 Å². The second-order valence-electron chi connectivity index (χ2n) is 15.3. The molecular formula is C37H65N6O3+. The predicted molar refractivity (Wildman–Crippen MR) is 186 cm³/mol. The maximum atomic E-state index is 13.4. The molecule has 0 aromatic rings. The van der Waals surface area contributed by atoms with E-state index in [9.17, 15) is 9.90 Å². The summed E-state index contributed by atoms with van der Waals surface area (Å²) in [7, 11) is 0. The van der Waals surface area contributed by atoms with Crippen LogP contribution in [0.1, 0.15) is 156 Å². The molecule has 5 aliphatic rings. The van der Waals surface area contributed by atoms with Crippen LogP contribution in [-0.2, 0) is 9.53 Å². The molecule has 9 nitrogen and oxygen atoms in total. The average molecular weight is 642 g/mol. The van der Waals surface area contributed by atoms with E-state index < -0.39 is 0 Å². The molecule has 0 aliphatic carbocycles. The number of guanidine groups is 2. The van der Waals surface area contributed by atoms with Gasteiger partial charge in [0, 0.05) is 18.9 Å². The van der Waals surface area contributed by atoms with Gasteiger partial charge in [0.15, 0.2) is 5.96 Å². The standard InChI is InChI=1S/C37H64N6O3/c1-5-6-7-9-14-17-32(44)24-31-20-21-33-34(27(4)40-36(38)43(31)33)35(45)46-26(3)15-12-10-8-11-13-16-28-23-30-19-18-29-22-25(2)39-37(41-28)42(29)30/h25-26,28-33,44H,5-24H2,1-4H3,(H3,38,39,40,41,45)/p+1/t25-,26+,28+,29+,30-,31-,32-,33-/m0/s1. The highest BCUT2D eigenvalue weighted by atomic mass is 16.5. The van der Waals surface area contributed by atoms with E-state index in [0.717, 1.165) is 50.6 Å². The number of unbranched alkanes of at least 4 members (excludes halogenated alkanes) is 8. The monoisotopic (exact) mass is 642 g/mol. The van der Waals surface area contributed by atoms with Gasteiger partial charge in [0.25, 0.3) is 0 Å². The number of aliphatic hydroxyl groups is 1. The molecule has 9 heteroatoms. The molecule has 5 N–H and O–H groups in total. The third-order valence-corrected chi connectivity index (χ3v) is 11.4. The third-order valence-electron chi connectivity index (χ3n) is 11.4. The van der Waals surface area contributed by atoms with Crippen LogP contribution in [0.15, 0.2) is 16.3 Å². The maximum absolute atomic E-state index is 13.4. The fourth-order valence-electron chi connectivity index (χ4n) is 9.08.